The molecule has 0 fully saturated rings. The number of aromatic nitrogens is 2. The highest BCUT2D eigenvalue weighted by atomic mass is 35.5. The Labute approximate surface area is 108 Å². The van der Waals surface area contributed by atoms with Gasteiger partial charge in [-0.1, -0.05) is 12.1 Å². The SMILES string of the molecule is Fc1cccc(CCNc2nc(Cl)ncc2F)c1. The van der Waals surface area contributed by atoms with Crippen LogP contribution in [0.2, 0.25) is 5.28 Å². The van der Waals surface area contributed by atoms with E-state index in [1.165, 1.54) is 12.1 Å². The van der Waals surface area contributed by atoms with Crippen molar-refractivity contribution in [2.24, 2.45) is 0 Å². The van der Waals surface area contributed by atoms with E-state index in [-0.39, 0.29) is 16.9 Å². The van der Waals surface area contributed by atoms with Gasteiger partial charge in [-0.05, 0) is 35.7 Å². The quantitative estimate of drug-likeness (QED) is 0.867. The molecular weight excluding hydrogens is 260 g/mol. The Balaban J connectivity index is 1.94. The minimum atomic E-state index is -0.571. The molecule has 0 aliphatic heterocycles. The second-order valence-corrected chi connectivity index (χ2v) is 3.98. The molecule has 2 aromatic rings. The van der Waals surface area contributed by atoms with Crippen LogP contribution >= 0.6 is 11.6 Å². The van der Waals surface area contributed by atoms with Gasteiger partial charge in [0.05, 0.1) is 6.20 Å². The van der Waals surface area contributed by atoms with Crippen molar-refractivity contribution in [1.82, 2.24) is 9.97 Å². The standard InChI is InChI=1S/C12H10ClF2N3/c13-12-17-7-10(15)11(18-12)16-5-4-8-2-1-3-9(14)6-8/h1-3,6-7H,4-5H2,(H,16,17,18). The van der Waals surface area contributed by atoms with E-state index < -0.39 is 5.82 Å². The van der Waals surface area contributed by atoms with Gasteiger partial charge in [0.1, 0.15) is 5.82 Å². The lowest BCUT2D eigenvalue weighted by molar-refractivity contribution is 0.616. The first-order valence-electron chi connectivity index (χ1n) is 5.31. The van der Waals surface area contributed by atoms with Gasteiger partial charge in [0.25, 0.3) is 0 Å². The molecule has 0 spiro atoms. The molecule has 0 saturated carbocycles. The van der Waals surface area contributed by atoms with Crippen molar-refractivity contribution in [1.29, 1.82) is 0 Å². The highest BCUT2D eigenvalue weighted by molar-refractivity contribution is 6.28. The number of rotatable bonds is 4. The average molecular weight is 270 g/mol. The van der Waals surface area contributed by atoms with Gasteiger partial charge >= 0.3 is 0 Å². The first-order valence-corrected chi connectivity index (χ1v) is 5.69. The highest BCUT2D eigenvalue weighted by Crippen LogP contribution is 2.12. The Bertz CT molecular complexity index is 549. The van der Waals surface area contributed by atoms with Gasteiger partial charge < -0.3 is 5.32 Å². The highest BCUT2D eigenvalue weighted by Gasteiger charge is 2.05. The van der Waals surface area contributed by atoms with E-state index in [1.807, 2.05) is 0 Å². The maximum absolute atomic E-state index is 13.3. The van der Waals surface area contributed by atoms with E-state index in [0.717, 1.165) is 11.8 Å². The van der Waals surface area contributed by atoms with Crippen molar-refractivity contribution in [2.45, 2.75) is 6.42 Å². The van der Waals surface area contributed by atoms with Gasteiger partial charge in [-0.15, -0.1) is 0 Å². The summed E-state index contributed by atoms with van der Waals surface area (Å²) in [6.45, 7) is 0.424. The van der Waals surface area contributed by atoms with Crippen LogP contribution in [-0.2, 0) is 6.42 Å². The zero-order chi connectivity index (χ0) is 13.0. The van der Waals surface area contributed by atoms with Gasteiger partial charge in [-0.25, -0.2) is 13.8 Å². The van der Waals surface area contributed by atoms with E-state index in [1.54, 1.807) is 12.1 Å². The van der Waals surface area contributed by atoms with Gasteiger partial charge in [0, 0.05) is 6.54 Å². The minimum absolute atomic E-state index is 0.0235. The van der Waals surface area contributed by atoms with E-state index in [2.05, 4.69) is 15.3 Å². The van der Waals surface area contributed by atoms with E-state index in [9.17, 15) is 8.78 Å². The van der Waals surface area contributed by atoms with Crippen molar-refractivity contribution in [2.75, 3.05) is 11.9 Å². The molecule has 6 heteroatoms. The summed E-state index contributed by atoms with van der Waals surface area (Å²) < 4.78 is 26.2. The zero-order valence-electron chi connectivity index (χ0n) is 9.33. The maximum Gasteiger partial charge on any atom is 0.224 e. The van der Waals surface area contributed by atoms with Crippen LogP contribution in [0, 0.1) is 11.6 Å². The lowest BCUT2D eigenvalue weighted by Gasteiger charge is -2.06. The number of anilines is 1. The van der Waals surface area contributed by atoms with Crippen molar-refractivity contribution < 1.29 is 8.78 Å². The topological polar surface area (TPSA) is 37.8 Å². The molecule has 0 radical (unpaired) electrons. The summed E-state index contributed by atoms with van der Waals surface area (Å²) in [7, 11) is 0. The summed E-state index contributed by atoms with van der Waals surface area (Å²) in [6.07, 6.45) is 1.55. The van der Waals surface area contributed by atoms with Crippen LogP contribution in [-0.4, -0.2) is 16.5 Å². The third-order valence-electron chi connectivity index (χ3n) is 2.31. The van der Waals surface area contributed by atoms with Crippen LogP contribution < -0.4 is 5.32 Å². The zero-order valence-corrected chi connectivity index (χ0v) is 10.1. The second kappa shape index (κ2) is 5.73. The van der Waals surface area contributed by atoms with E-state index in [4.69, 9.17) is 11.6 Å². The van der Waals surface area contributed by atoms with Gasteiger partial charge in [0.2, 0.25) is 5.28 Å². The van der Waals surface area contributed by atoms with Crippen LogP contribution in [0.25, 0.3) is 0 Å². The van der Waals surface area contributed by atoms with Crippen LogP contribution in [0.3, 0.4) is 0 Å². The number of hydrogen-bond donors (Lipinski definition) is 1. The summed E-state index contributed by atoms with van der Waals surface area (Å²) in [5.41, 5.74) is 0.822. The van der Waals surface area contributed by atoms with Crippen LogP contribution in [0.5, 0.6) is 0 Å². The number of nitrogens with one attached hydrogen (secondary N) is 1. The molecule has 2 rings (SSSR count). The molecule has 0 amide bonds. The summed E-state index contributed by atoms with van der Waals surface area (Å²) in [5.74, 6) is -0.811. The normalized spacial score (nSPS) is 10.4. The molecule has 1 aromatic carbocycles. The third-order valence-corrected chi connectivity index (χ3v) is 2.49. The van der Waals surface area contributed by atoms with Gasteiger partial charge in [-0.2, -0.15) is 4.98 Å². The second-order valence-electron chi connectivity index (χ2n) is 3.64. The molecule has 0 aliphatic rings. The molecule has 1 aromatic heterocycles. The first kappa shape index (κ1) is 12.7. The fraction of sp³-hybridized carbons (Fsp3) is 0.167. The number of halogens is 3. The van der Waals surface area contributed by atoms with Crippen molar-refractivity contribution in [3.8, 4) is 0 Å². The summed E-state index contributed by atoms with van der Waals surface area (Å²) >= 11 is 5.56. The smallest absolute Gasteiger partial charge is 0.224 e. The molecule has 1 N–H and O–H groups in total. The van der Waals surface area contributed by atoms with Crippen molar-refractivity contribution >= 4 is 17.4 Å². The molecule has 0 saturated heterocycles. The van der Waals surface area contributed by atoms with E-state index in [0.29, 0.717) is 13.0 Å². The minimum Gasteiger partial charge on any atom is -0.367 e. The maximum atomic E-state index is 13.3. The number of benzene rings is 1. The fourth-order valence-electron chi connectivity index (χ4n) is 1.49. The number of nitrogens with zero attached hydrogens (tertiary/aromatic N) is 2. The Hall–Kier alpha value is -1.75. The number of hydrogen-bond acceptors (Lipinski definition) is 3. The lowest BCUT2D eigenvalue weighted by atomic mass is 10.1. The summed E-state index contributed by atoms with van der Waals surface area (Å²) in [5, 5.41) is 2.77. The monoisotopic (exact) mass is 269 g/mol. The predicted molar refractivity (Wildman–Crippen MR) is 65.6 cm³/mol. The van der Waals surface area contributed by atoms with Gasteiger partial charge in [-0.3, -0.25) is 0 Å². The molecule has 0 atom stereocenters. The molecule has 0 bridgehead atoms. The Morgan fingerprint density at radius 3 is 2.89 bits per heavy atom. The lowest BCUT2D eigenvalue weighted by Crippen LogP contribution is -2.08. The average Bonchev–Trinajstić information content (AvgIpc) is 2.34. The molecule has 94 valence electrons. The first-order chi connectivity index (χ1) is 8.65. The Morgan fingerprint density at radius 2 is 2.11 bits per heavy atom. The molecule has 3 nitrogen and oxygen atoms in total. The fourth-order valence-corrected chi connectivity index (χ4v) is 1.62. The van der Waals surface area contributed by atoms with Crippen LogP contribution in [0.4, 0.5) is 14.6 Å². The molecule has 0 aliphatic carbocycles. The Morgan fingerprint density at radius 1 is 1.28 bits per heavy atom. The molecule has 18 heavy (non-hydrogen) atoms. The Kier molecular flexibility index (Phi) is 4.04. The van der Waals surface area contributed by atoms with Crippen LogP contribution in [0.1, 0.15) is 5.56 Å². The molecule has 0 unspecified atom stereocenters. The van der Waals surface area contributed by atoms with Crippen LogP contribution in [0.15, 0.2) is 30.5 Å². The van der Waals surface area contributed by atoms with Crippen molar-refractivity contribution in [3.05, 3.63) is 52.9 Å². The third kappa shape index (κ3) is 3.37. The summed E-state index contributed by atoms with van der Waals surface area (Å²) in [4.78, 5) is 7.22. The largest absolute Gasteiger partial charge is 0.367 e. The van der Waals surface area contributed by atoms with E-state index >= 15 is 0 Å². The molecule has 1 heterocycles. The summed E-state index contributed by atoms with van der Waals surface area (Å²) in [6, 6.07) is 6.24. The van der Waals surface area contributed by atoms with Gasteiger partial charge in [0.15, 0.2) is 11.6 Å². The molecular formula is C12H10ClF2N3. The predicted octanol–water partition coefficient (Wildman–Crippen LogP) is 3.06. The van der Waals surface area contributed by atoms with Crippen molar-refractivity contribution in [3.63, 3.8) is 0 Å².